The van der Waals surface area contributed by atoms with Crippen molar-refractivity contribution in [1.82, 2.24) is 9.80 Å². The molecule has 7 heteroatoms. The van der Waals surface area contributed by atoms with Crippen molar-refractivity contribution in [3.8, 4) is 0 Å². The molecular formula is C28H49ClN2O2S2. The van der Waals surface area contributed by atoms with Crippen molar-refractivity contribution in [2.75, 3.05) is 64.1 Å². The molecule has 202 valence electrons. The zero-order chi connectivity index (χ0) is 23.6. The van der Waals surface area contributed by atoms with E-state index in [0.717, 1.165) is 76.5 Å². The monoisotopic (exact) mass is 544 g/mol. The quantitative estimate of drug-likeness (QED) is 0.295. The number of hydrogen-bond donors (Lipinski definition) is 0. The van der Waals surface area contributed by atoms with Gasteiger partial charge in [0.2, 0.25) is 0 Å². The molecule has 4 saturated carbocycles. The van der Waals surface area contributed by atoms with Crippen LogP contribution in [0.2, 0.25) is 0 Å². The fourth-order valence-corrected chi connectivity index (χ4v) is 13.6. The minimum absolute atomic E-state index is 0. The summed E-state index contributed by atoms with van der Waals surface area (Å²) in [4.78, 5) is 5.65. The zero-order valence-electron chi connectivity index (χ0n) is 22.6. The number of rotatable bonds is 7. The van der Waals surface area contributed by atoms with Crippen molar-refractivity contribution in [3.05, 3.63) is 0 Å². The maximum atomic E-state index is 5.72. The van der Waals surface area contributed by atoms with Gasteiger partial charge >= 0.3 is 0 Å². The molecule has 0 radical (unpaired) electrons. The van der Waals surface area contributed by atoms with E-state index >= 15 is 0 Å². The Labute approximate surface area is 228 Å². The Bertz CT molecular complexity index is 695. The summed E-state index contributed by atoms with van der Waals surface area (Å²) in [5.41, 5.74) is 1.92. The lowest BCUT2D eigenvalue weighted by Crippen LogP contribution is -2.54. The lowest BCUT2D eigenvalue weighted by atomic mass is 9.68. The van der Waals surface area contributed by atoms with Gasteiger partial charge in [-0.2, -0.15) is 0 Å². The van der Waals surface area contributed by atoms with E-state index in [1.54, 1.807) is 0 Å². The van der Waals surface area contributed by atoms with Crippen molar-refractivity contribution in [3.63, 3.8) is 0 Å². The zero-order valence-corrected chi connectivity index (χ0v) is 25.0. The normalized spacial score (nSPS) is 44.6. The van der Waals surface area contributed by atoms with E-state index in [0.29, 0.717) is 21.7 Å². The van der Waals surface area contributed by atoms with Gasteiger partial charge in [0.15, 0.2) is 0 Å². The highest BCUT2D eigenvalue weighted by molar-refractivity contribution is 8.76. The summed E-state index contributed by atoms with van der Waals surface area (Å²) in [6, 6.07) is 1.55. The third-order valence-electron chi connectivity index (χ3n) is 12.5. The van der Waals surface area contributed by atoms with Crippen molar-refractivity contribution in [2.45, 2.75) is 78.3 Å². The van der Waals surface area contributed by atoms with Gasteiger partial charge in [0.1, 0.15) is 0 Å². The third kappa shape index (κ3) is 4.09. The molecule has 0 spiro atoms. The Hall–Kier alpha value is 0.830. The van der Waals surface area contributed by atoms with Gasteiger partial charge in [-0.15, -0.1) is 12.4 Å². The largest absolute Gasteiger partial charge is 0.379 e. The van der Waals surface area contributed by atoms with Crippen LogP contribution >= 0.6 is 34.0 Å². The van der Waals surface area contributed by atoms with Crippen molar-refractivity contribution >= 4 is 34.0 Å². The number of morpholine rings is 2. The molecule has 2 saturated heterocycles. The molecule has 0 N–H and O–H groups in total. The second kappa shape index (κ2) is 10.1. The summed E-state index contributed by atoms with van der Waals surface area (Å²) in [5, 5.41) is 0. The Morgan fingerprint density at radius 2 is 1.03 bits per heavy atom. The highest BCUT2D eigenvalue weighted by Gasteiger charge is 2.66. The summed E-state index contributed by atoms with van der Waals surface area (Å²) < 4.78 is 11.4. The maximum absolute atomic E-state index is 5.72. The van der Waals surface area contributed by atoms with E-state index in [2.05, 4.69) is 59.1 Å². The van der Waals surface area contributed by atoms with Gasteiger partial charge in [-0.05, 0) is 61.2 Å². The van der Waals surface area contributed by atoms with Crippen LogP contribution in [0.3, 0.4) is 0 Å². The molecule has 3 unspecified atom stereocenters. The molecule has 4 bridgehead atoms. The van der Waals surface area contributed by atoms with E-state index in [1.165, 1.54) is 50.0 Å². The Morgan fingerprint density at radius 1 is 0.657 bits per heavy atom. The lowest BCUT2D eigenvalue weighted by Gasteiger charge is -2.49. The van der Waals surface area contributed by atoms with Crippen LogP contribution in [0.25, 0.3) is 0 Å². The average molecular weight is 545 g/mol. The fraction of sp³-hybridized carbons (Fsp3) is 1.00. The topological polar surface area (TPSA) is 24.9 Å². The highest BCUT2D eigenvalue weighted by atomic mass is 35.5. The minimum Gasteiger partial charge on any atom is -0.379 e. The second-order valence-corrected chi connectivity index (χ2v) is 16.0. The maximum Gasteiger partial charge on any atom is 0.0594 e. The molecule has 4 aliphatic carbocycles. The van der Waals surface area contributed by atoms with Crippen LogP contribution in [0.5, 0.6) is 0 Å². The summed E-state index contributed by atoms with van der Waals surface area (Å²) in [6.07, 6.45) is 8.64. The van der Waals surface area contributed by atoms with Crippen molar-refractivity contribution in [1.29, 1.82) is 0 Å². The second-order valence-electron chi connectivity index (χ2n) is 13.6. The number of nitrogens with zero attached hydrogens (tertiary/aromatic N) is 2. The molecule has 6 aliphatic rings. The number of fused-ring (bicyclic) bond motifs is 4. The molecule has 35 heavy (non-hydrogen) atoms. The van der Waals surface area contributed by atoms with Gasteiger partial charge in [-0.1, -0.05) is 49.3 Å². The number of ether oxygens (including phenoxy) is 2. The fourth-order valence-electron chi connectivity index (χ4n) is 9.83. The summed E-state index contributed by atoms with van der Waals surface area (Å²) in [7, 11) is 4.51. The molecule has 6 fully saturated rings. The van der Waals surface area contributed by atoms with Crippen molar-refractivity contribution < 1.29 is 9.47 Å². The van der Waals surface area contributed by atoms with Crippen LogP contribution in [0.15, 0.2) is 0 Å². The molecule has 2 heterocycles. The third-order valence-corrected chi connectivity index (χ3v) is 15.1. The first-order valence-corrected chi connectivity index (χ1v) is 16.7. The molecule has 2 aliphatic heterocycles. The van der Waals surface area contributed by atoms with E-state index < -0.39 is 0 Å². The van der Waals surface area contributed by atoms with E-state index in [4.69, 9.17) is 9.47 Å². The minimum atomic E-state index is 0. The molecule has 0 aromatic rings. The van der Waals surface area contributed by atoms with Crippen LogP contribution < -0.4 is 0 Å². The van der Waals surface area contributed by atoms with Crippen LogP contribution in [-0.2, 0) is 9.47 Å². The van der Waals surface area contributed by atoms with Crippen LogP contribution in [-0.4, -0.2) is 86.0 Å². The first-order chi connectivity index (χ1) is 16.3. The highest BCUT2D eigenvalue weighted by Crippen LogP contribution is 2.70. The molecule has 0 aromatic heterocycles. The molecule has 4 nitrogen and oxygen atoms in total. The van der Waals surface area contributed by atoms with Gasteiger partial charge in [-0.3, -0.25) is 9.80 Å². The molecule has 0 amide bonds. The van der Waals surface area contributed by atoms with Crippen LogP contribution in [0, 0.1) is 33.5 Å². The summed E-state index contributed by atoms with van der Waals surface area (Å²) in [5.74, 6) is 4.51. The smallest absolute Gasteiger partial charge is 0.0594 e. The SMILES string of the molecule is CC1(C)C2CCC1(CSSC[C@]13CC[C@H](C[C@H]1N1CCOCC1)C3(C)C)C(N1CCOCC1)C2.Cl. The Kier molecular flexibility index (Phi) is 7.90. The van der Waals surface area contributed by atoms with Gasteiger partial charge in [0.25, 0.3) is 0 Å². The van der Waals surface area contributed by atoms with Gasteiger partial charge in [-0.25, -0.2) is 0 Å². The Morgan fingerprint density at radius 3 is 1.37 bits per heavy atom. The standard InChI is InChI=1S/C28H48N2O2S2.ClH/c1-25(2)21-5-7-27(25,23(17-21)29-9-13-31-14-10-29)19-33-34-20-28-8-6-22(26(28,3)4)18-24(28)30-11-15-32-16-12-30;/h21-24H,5-20H2,1-4H3;1H/t21-,22?,23-,24?,27-,28?;/m1./s1. The van der Waals surface area contributed by atoms with Gasteiger partial charge in [0.05, 0.1) is 26.4 Å². The van der Waals surface area contributed by atoms with Gasteiger partial charge < -0.3 is 9.47 Å². The first kappa shape index (κ1) is 27.4. The number of halogens is 1. The van der Waals surface area contributed by atoms with Crippen LogP contribution in [0.4, 0.5) is 0 Å². The number of hydrogen-bond acceptors (Lipinski definition) is 6. The van der Waals surface area contributed by atoms with Gasteiger partial charge in [0, 0.05) is 60.6 Å². The predicted octanol–water partition coefficient (Wildman–Crippen LogP) is 5.84. The summed E-state index contributed by atoms with van der Waals surface area (Å²) >= 11 is 0. The van der Waals surface area contributed by atoms with Crippen molar-refractivity contribution in [2.24, 2.45) is 33.5 Å². The summed E-state index contributed by atoms with van der Waals surface area (Å²) in [6.45, 7) is 18.8. The molecule has 0 aromatic carbocycles. The lowest BCUT2D eigenvalue weighted by molar-refractivity contribution is -0.0253. The average Bonchev–Trinajstić information content (AvgIpc) is 3.42. The molecular weight excluding hydrogens is 496 g/mol. The predicted molar refractivity (Wildman–Crippen MR) is 152 cm³/mol. The molecule has 6 rings (SSSR count). The Balaban J connectivity index is 0.00000253. The van der Waals surface area contributed by atoms with Crippen LogP contribution in [0.1, 0.15) is 66.2 Å². The van der Waals surface area contributed by atoms with E-state index in [-0.39, 0.29) is 12.4 Å². The molecule has 6 atom stereocenters. The first-order valence-electron chi connectivity index (χ1n) is 14.2. The van der Waals surface area contributed by atoms with E-state index in [1.807, 2.05) is 0 Å². The van der Waals surface area contributed by atoms with E-state index in [9.17, 15) is 0 Å².